The van der Waals surface area contributed by atoms with Gasteiger partial charge < -0.3 is 5.11 Å². The molecular weight excluding hydrogens is 443 g/mol. The van der Waals surface area contributed by atoms with Crippen molar-refractivity contribution in [2.75, 3.05) is 6.54 Å². The van der Waals surface area contributed by atoms with Crippen LogP contribution in [0, 0.1) is 17.0 Å². The lowest BCUT2D eigenvalue weighted by atomic mass is 9.74. The molecule has 0 amide bonds. The number of benzene rings is 2. The van der Waals surface area contributed by atoms with Gasteiger partial charge in [0.25, 0.3) is 0 Å². The summed E-state index contributed by atoms with van der Waals surface area (Å²) in [5.41, 5.74) is 0.669. The number of hydrogen-bond acceptors (Lipinski definition) is 2. The molecule has 3 nitrogen and oxygen atoms in total. The predicted molar refractivity (Wildman–Crippen MR) is 120 cm³/mol. The van der Waals surface area contributed by atoms with Gasteiger partial charge in [0.1, 0.15) is 17.7 Å². The van der Waals surface area contributed by atoms with Crippen molar-refractivity contribution in [1.29, 1.82) is 0 Å². The zero-order valence-corrected chi connectivity index (χ0v) is 19.5. The van der Waals surface area contributed by atoms with Crippen LogP contribution in [0.2, 0.25) is 10.0 Å². The van der Waals surface area contributed by atoms with Crippen molar-refractivity contribution in [2.24, 2.45) is 5.41 Å². The summed E-state index contributed by atoms with van der Waals surface area (Å²) in [6.45, 7) is 8.52. The number of carbonyl (C=O) groups is 1. The molecule has 1 N–H and O–H groups in total. The molecule has 0 aromatic heterocycles. The maximum absolute atomic E-state index is 15.2. The molecule has 3 rings (SSSR count). The molecule has 1 fully saturated rings. The lowest BCUT2D eigenvalue weighted by Gasteiger charge is -2.34. The van der Waals surface area contributed by atoms with Gasteiger partial charge in [-0.25, -0.2) is 8.78 Å². The van der Waals surface area contributed by atoms with Crippen LogP contribution in [0.1, 0.15) is 57.1 Å². The molecule has 4 atom stereocenters. The first kappa shape index (κ1) is 24.0. The number of carboxylic acids is 1. The Labute approximate surface area is 192 Å². The van der Waals surface area contributed by atoms with E-state index >= 15 is 4.39 Å². The summed E-state index contributed by atoms with van der Waals surface area (Å²) in [5, 5.41) is 10.4. The third-order valence-electron chi connectivity index (χ3n) is 6.00. The van der Waals surface area contributed by atoms with Crippen LogP contribution in [-0.4, -0.2) is 34.6 Å². The van der Waals surface area contributed by atoms with Crippen LogP contribution in [0.4, 0.5) is 8.78 Å². The second kappa shape index (κ2) is 9.05. The molecule has 4 unspecified atom stereocenters. The topological polar surface area (TPSA) is 40.5 Å². The standard InChI is InChI=1S/C24H27Cl2F2NO2/c1-5-29-19(12-24(2,3)4)21(15-10-18(28)16(26)11-17(15)27)20(22(29)23(30)31)13-7-6-8-14(25)9-13/h6-11,19-22H,5,12H2,1-4H3,(H,30,31). The van der Waals surface area contributed by atoms with Crippen molar-refractivity contribution in [3.05, 3.63) is 69.2 Å². The van der Waals surface area contributed by atoms with Crippen molar-refractivity contribution >= 4 is 29.2 Å². The van der Waals surface area contributed by atoms with Gasteiger partial charge in [0.15, 0.2) is 0 Å². The first-order chi connectivity index (χ1) is 14.4. The number of rotatable bonds is 5. The maximum Gasteiger partial charge on any atom is 0.321 e. The SMILES string of the molecule is CCN1C(CC(C)(C)C)C(c2cc(F)c(Cl)cc2F)C(c2cccc(Cl)c2)C1C(=O)O. The summed E-state index contributed by atoms with van der Waals surface area (Å²) in [7, 11) is 0. The van der Waals surface area contributed by atoms with Crippen molar-refractivity contribution in [3.8, 4) is 0 Å². The van der Waals surface area contributed by atoms with E-state index in [0.29, 0.717) is 23.6 Å². The molecule has 1 aliphatic rings. The van der Waals surface area contributed by atoms with E-state index in [1.54, 1.807) is 24.3 Å². The summed E-state index contributed by atoms with van der Waals surface area (Å²) in [5.74, 6) is -3.56. The summed E-state index contributed by atoms with van der Waals surface area (Å²) in [4.78, 5) is 14.4. The van der Waals surface area contributed by atoms with Crippen LogP contribution in [0.3, 0.4) is 0 Å². The number of carboxylic acid groups (broad SMARTS) is 1. The molecule has 0 radical (unpaired) electrons. The van der Waals surface area contributed by atoms with Crippen molar-refractivity contribution in [2.45, 2.75) is 58.0 Å². The van der Waals surface area contributed by atoms with Crippen molar-refractivity contribution in [1.82, 2.24) is 4.90 Å². The summed E-state index contributed by atoms with van der Waals surface area (Å²) in [6.07, 6.45) is 0.607. The Morgan fingerprint density at radius 3 is 2.32 bits per heavy atom. The van der Waals surface area contributed by atoms with Gasteiger partial charge in [-0.15, -0.1) is 0 Å². The van der Waals surface area contributed by atoms with Gasteiger partial charge in [-0.3, -0.25) is 9.69 Å². The lowest BCUT2D eigenvalue weighted by molar-refractivity contribution is -0.143. The molecule has 0 aliphatic carbocycles. The van der Waals surface area contributed by atoms with Gasteiger partial charge >= 0.3 is 5.97 Å². The second-order valence-corrected chi connectivity index (χ2v) is 10.2. The predicted octanol–water partition coefficient (Wildman–Crippen LogP) is 6.73. The van der Waals surface area contributed by atoms with E-state index in [0.717, 1.165) is 12.1 Å². The third kappa shape index (κ3) is 4.89. The molecular formula is C24H27Cl2F2NO2. The third-order valence-corrected chi connectivity index (χ3v) is 6.52. The molecule has 0 saturated carbocycles. The van der Waals surface area contributed by atoms with Crippen LogP contribution < -0.4 is 0 Å². The minimum atomic E-state index is -0.997. The zero-order valence-electron chi connectivity index (χ0n) is 18.0. The van der Waals surface area contributed by atoms with Crippen molar-refractivity contribution < 1.29 is 18.7 Å². The largest absolute Gasteiger partial charge is 0.480 e. The molecule has 7 heteroatoms. The van der Waals surface area contributed by atoms with Crippen LogP contribution in [-0.2, 0) is 4.79 Å². The Kier molecular flexibility index (Phi) is 6.99. The Balaban J connectivity index is 2.29. The van der Waals surface area contributed by atoms with Crippen LogP contribution in [0.5, 0.6) is 0 Å². The van der Waals surface area contributed by atoms with E-state index in [4.69, 9.17) is 23.2 Å². The Morgan fingerprint density at radius 1 is 1.10 bits per heavy atom. The molecule has 2 aromatic rings. The highest BCUT2D eigenvalue weighted by Crippen LogP contribution is 2.52. The minimum absolute atomic E-state index is 0.142. The highest BCUT2D eigenvalue weighted by atomic mass is 35.5. The Hall–Kier alpha value is -1.69. The second-order valence-electron chi connectivity index (χ2n) is 9.34. The molecule has 1 aliphatic heterocycles. The van der Waals surface area contributed by atoms with Gasteiger partial charge in [-0.05, 0) is 53.8 Å². The van der Waals surface area contributed by atoms with Crippen molar-refractivity contribution in [3.63, 3.8) is 0 Å². The average Bonchev–Trinajstić information content (AvgIpc) is 2.97. The Bertz CT molecular complexity index is 977. The number of likely N-dealkylation sites (N-methyl/N-ethyl adjacent to an activating group) is 1. The fourth-order valence-electron chi connectivity index (χ4n) is 4.95. The number of aliphatic carboxylic acids is 1. The zero-order chi connectivity index (χ0) is 23.1. The minimum Gasteiger partial charge on any atom is -0.480 e. The number of nitrogens with zero attached hydrogens (tertiary/aromatic N) is 1. The van der Waals surface area contributed by atoms with E-state index in [1.807, 2.05) is 11.8 Å². The maximum atomic E-state index is 15.2. The van der Waals surface area contributed by atoms with Crippen LogP contribution in [0.25, 0.3) is 0 Å². The lowest BCUT2D eigenvalue weighted by Crippen LogP contribution is -2.43. The number of likely N-dealkylation sites (tertiary alicyclic amines) is 1. The van der Waals surface area contributed by atoms with Gasteiger partial charge in [-0.2, -0.15) is 0 Å². The number of halogens is 4. The van der Waals surface area contributed by atoms with Gasteiger partial charge in [0, 0.05) is 22.9 Å². The van der Waals surface area contributed by atoms with E-state index in [2.05, 4.69) is 20.8 Å². The summed E-state index contributed by atoms with van der Waals surface area (Å²) < 4.78 is 29.6. The molecule has 31 heavy (non-hydrogen) atoms. The van der Waals surface area contributed by atoms with E-state index in [1.165, 1.54) is 0 Å². The first-order valence-electron chi connectivity index (χ1n) is 10.3. The first-order valence-corrected chi connectivity index (χ1v) is 11.1. The summed E-state index contributed by atoms with van der Waals surface area (Å²) >= 11 is 12.0. The number of hydrogen-bond donors (Lipinski definition) is 1. The van der Waals surface area contributed by atoms with Gasteiger partial charge in [0.05, 0.1) is 5.02 Å². The highest BCUT2D eigenvalue weighted by molar-refractivity contribution is 6.31. The quantitative estimate of drug-likeness (QED) is 0.493. The fraction of sp³-hybridized carbons (Fsp3) is 0.458. The van der Waals surface area contributed by atoms with Crippen LogP contribution >= 0.6 is 23.2 Å². The summed E-state index contributed by atoms with van der Waals surface area (Å²) in [6, 6.07) is 7.85. The average molecular weight is 470 g/mol. The monoisotopic (exact) mass is 469 g/mol. The molecule has 1 saturated heterocycles. The Morgan fingerprint density at radius 2 is 1.77 bits per heavy atom. The highest BCUT2D eigenvalue weighted by Gasteiger charge is 2.53. The van der Waals surface area contributed by atoms with Gasteiger partial charge in [-0.1, -0.05) is 63.0 Å². The normalized spacial score (nSPS) is 24.5. The van der Waals surface area contributed by atoms with E-state index < -0.39 is 35.5 Å². The van der Waals surface area contributed by atoms with Crippen LogP contribution in [0.15, 0.2) is 36.4 Å². The molecule has 1 heterocycles. The molecule has 0 spiro atoms. The van der Waals surface area contributed by atoms with E-state index in [9.17, 15) is 14.3 Å². The molecule has 2 aromatic carbocycles. The molecule has 0 bridgehead atoms. The molecule has 168 valence electrons. The smallest absolute Gasteiger partial charge is 0.321 e. The fourth-order valence-corrected chi connectivity index (χ4v) is 5.30. The van der Waals surface area contributed by atoms with E-state index in [-0.39, 0.29) is 22.0 Å². The van der Waals surface area contributed by atoms with Gasteiger partial charge in [0.2, 0.25) is 0 Å².